The number of rotatable bonds is 3. The standard InChI is InChI=1S/C14H18N2O/c15-9-11-3-4-12-8-13(17-14(12)7-11)10-16-5-1-2-6-16/h3-4,7-8H,1-2,5-6,9-10,15H2. The van der Waals surface area contributed by atoms with E-state index in [1.165, 1.54) is 31.3 Å². The lowest BCUT2D eigenvalue weighted by Crippen LogP contribution is -2.17. The summed E-state index contributed by atoms with van der Waals surface area (Å²) in [6.45, 7) is 3.90. The van der Waals surface area contributed by atoms with Gasteiger partial charge in [0.15, 0.2) is 0 Å². The molecule has 90 valence electrons. The second kappa shape index (κ2) is 4.51. The van der Waals surface area contributed by atoms with Crippen LogP contribution in [0.15, 0.2) is 28.7 Å². The Morgan fingerprint density at radius 3 is 2.76 bits per heavy atom. The van der Waals surface area contributed by atoms with Crippen LogP contribution in [0, 0.1) is 0 Å². The Labute approximate surface area is 101 Å². The monoisotopic (exact) mass is 230 g/mol. The van der Waals surface area contributed by atoms with Crippen LogP contribution in [0.25, 0.3) is 11.0 Å². The van der Waals surface area contributed by atoms with Crippen LogP contribution < -0.4 is 5.73 Å². The van der Waals surface area contributed by atoms with Crippen LogP contribution in [0.3, 0.4) is 0 Å². The zero-order valence-electron chi connectivity index (χ0n) is 9.98. The number of furan rings is 1. The van der Waals surface area contributed by atoms with Gasteiger partial charge in [0.25, 0.3) is 0 Å². The van der Waals surface area contributed by atoms with Crippen molar-refractivity contribution >= 4 is 11.0 Å². The Bertz CT molecular complexity index is 512. The van der Waals surface area contributed by atoms with Crippen molar-refractivity contribution in [1.29, 1.82) is 0 Å². The molecule has 0 aliphatic carbocycles. The minimum atomic E-state index is 0.568. The summed E-state index contributed by atoms with van der Waals surface area (Å²) in [5.41, 5.74) is 7.71. The summed E-state index contributed by atoms with van der Waals surface area (Å²) in [6, 6.07) is 8.35. The molecule has 0 unspecified atom stereocenters. The maximum atomic E-state index is 5.88. The Morgan fingerprint density at radius 1 is 1.18 bits per heavy atom. The number of hydrogen-bond acceptors (Lipinski definition) is 3. The predicted molar refractivity (Wildman–Crippen MR) is 68.6 cm³/mol. The molecule has 2 heterocycles. The molecular formula is C14H18N2O. The Balaban J connectivity index is 1.85. The van der Waals surface area contributed by atoms with Gasteiger partial charge >= 0.3 is 0 Å². The largest absolute Gasteiger partial charge is 0.460 e. The van der Waals surface area contributed by atoms with Crippen molar-refractivity contribution in [3.8, 4) is 0 Å². The van der Waals surface area contributed by atoms with Crippen molar-refractivity contribution < 1.29 is 4.42 Å². The minimum Gasteiger partial charge on any atom is -0.460 e. The summed E-state index contributed by atoms with van der Waals surface area (Å²) in [5, 5.41) is 1.18. The maximum absolute atomic E-state index is 5.88. The number of hydrogen-bond donors (Lipinski definition) is 1. The Morgan fingerprint density at radius 2 is 2.00 bits per heavy atom. The van der Waals surface area contributed by atoms with E-state index in [-0.39, 0.29) is 0 Å². The van der Waals surface area contributed by atoms with E-state index >= 15 is 0 Å². The van der Waals surface area contributed by atoms with Crippen molar-refractivity contribution in [1.82, 2.24) is 4.90 Å². The molecule has 1 aliphatic rings. The van der Waals surface area contributed by atoms with Crippen LogP contribution in [0.1, 0.15) is 24.2 Å². The molecule has 1 saturated heterocycles. The predicted octanol–water partition coefficient (Wildman–Crippen LogP) is 2.49. The second-order valence-corrected chi connectivity index (χ2v) is 4.77. The molecule has 1 fully saturated rings. The van der Waals surface area contributed by atoms with Crippen LogP contribution in [0.2, 0.25) is 0 Å². The van der Waals surface area contributed by atoms with Gasteiger partial charge in [0.1, 0.15) is 11.3 Å². The van der Waals surface area contributed by atoms with E-state index in [0.717, 1.165) is 23.5 Å². The third kappa shape index (κ3) is 2.21. The number of nitrogens with zero attached hydrogens (tertiary/aromatic N) is 1. The SMILES string of the molecule is NCc1ccc2cc(CN3CCCC3)oc2c1. The number of benzene rings is 1. The van der Waals surface area contributed by atoms with E-state index in [1.807, 2.05) is 6.07 Å². The van der Waals surface area contributed by atoms with Crippen LogP contribution in [-0.4, -0.2) is 18.0 Å². The van der Waals surface area contributed by atoms with Crippen LogP contribution in [0.5, 0.6) is 0 Å². The molecule has 1 aromatic carbocycles. The highest BCUT2D eigenvalue weighted by Gasteiger charge is 2.14. The summed E-state index contributed by atoms with van der Waals surface area (Å²) in [5.74, 6) is 1.07. The van der Waals surface area contributed by atoms with Crippen LogP contribution in [-0.2, 0) is 13.1 Å². The van der Waals surface area contributed by atoms with E-state index in [0.29, 0.717) is 6.54 Å². The minimum absolute atomic E-state index is 0.568. The highest BCUT2D eigenvalue weighted by atomic mass is 16.3. The molecule has 0 atom stereocenters. The summed E-state index contributed by atoms with van der Waals surface area (Å²) in [6.07, 6.45) is 2.63. The zero-order chi connectivity index (χ0) is 11.7. The smallest absolute Gasteiger partial charge is 0.134 e. The number of nitrogens with two attached hydrogens (primary N) is 1. The van der Waals surface area contributed by atoms with E-state index in [1.54, 1.807) is 0 Å². The van der Waals surface area contributed by atoms with Gasteiger partial charge in [-0.3, -0.25) is 4.90 Å². The second-order valence-electron chi connectivity index (χ2n) is 4.77. The van der Waals surface area contributed by atoms with Crippen molar-refractivity contribution in [3.05, 3.63) is 35.6 Å². The van der Waals surface area contributed by atoms with Gasteiger partial charge < -0.3 is 10.2 Å². The fourth-order valence-corrected chi connectivity index (χ4v) is 2.50. The average Bonchev–Trinajstić information content (AvgIpc) is 2.96. The molecule has 0 bridgehead atoms. The van der Waals surface area contributed by atoms with Gasteiger partial charge in [-0.15, -0.1) is 0 Å². The molecule has 3 nitrogen and oxygen atoms in total. The molecule has 2 N–H and O–H groups in total. The third-order valence-electron chi connectivity index (χ3n) is 3.45. The zero-order valence-corrected chi connectivity index (χ0v) is 9.98. The van der Waals surface area contributed by atoms with Crippen molar-refractivity contribution in [2.75, 3.05) is 13.1 Å². The summed E-state index contributed by atoms with van der Waals surface area (Å²) >= 11 is 0. The van der Waals surface area contributed by atoms with Crippen LogP contribution in [0.4, 0.5) is 0 Å². The lowest BCUT2D eigenvalue weighted by molar-refractivity contribution is 0.302. The summed E-state index contributed by atoms with van der Waals surface area (Å²) < 4.78 is 5.88. The van der Waals surface area contributed by atoms with Gasteiger partial charge in [0.05, 0.1) is 6.54 Å². The summed E-state index contributed by atoms with van der Waals surface area (Å²) in [4.78, 5) is 2.45. The maximum Gasteiger partial charge on any atom is 0.134 e. The van der Waals surface area contributed by atoms with Gasteiger partial charge in [-0.2, -0.15) is 0 Å². The number of likely N-dealkylation sites (tertiary alicyclic amines) is 1. The van der Waals surface area contributed by atoms with Crippen molar-refractivity contribution in [2.45, 2.75) is 25.9 Å². The normalized spacial score (nSPS) is 17.0. The molecule has 0 spiro atoms. The first-order valence-electron chi connectivity index (χ1n) is 6.29. The van der Waals surface area contributed by atoms with Crippen LogP contribution >= 0.6 is 0 Å². The molecule has 1 aromatic heterocycles. The van der Waals surface area contributed by atoms with Gasteiger partial charge in [-0.25, -0.2) is 0 Å². The Hall–Kier alpha value is -1.32. The molecule has 0 amide bonds. The van der Waals surface area contributed by atoms with Gasteiger partial charge in [-0.05, 0) is 43.6 Å². The fourth-order valence-electron chi connectivity index (χ4n) is 2.50. The molecule has 3 rings (SSSR count). The third-order valence-corrected chi connectivity index (χ3v) is 3.45. The van der Waals surface area contributed by atoms with Gasteiger partial charge in [-0.1, -0.05) is 12.1 Å². The van der Waals surface area contributed by atoms with E-state index < -0.39 is 0 Å². The molecule has 1 aliphatic heterocycles. The molecule has 2 aromatic rings. The molecular weight excluding hydrogens is 212 g/mol. The fraction of sp³-hybridized carbons (Fsp3) is 0.429. The molecule has 17 heavy (non-hydrogen) atoms. The van der Waals surface area contributed by atoms with E-state index in [9.17, 15) is 0 Å². The van der Waals surface area contributed by atoms with E-state index in [2.05, 4.69) is 23.1 Å². The van der Waals surface area contributed by atoms with Crippen molar-refractivity contribution in [2.24, 2.45) is 5.73 Å². The number of fused-ring (bicyclic) bond motifs is 1. The lowest BCUT2D eigenvalue weighted by atomic mass is 10.2. The topological polar surface area (TPSA) is 42.4 Å². The summed E-state index contributed by atoms with van der Waals surface area (Å²) in [7, 11) is 0. The quantitative estimate of drug-likeness (QED) is 0.880. The van der Waals surface area contributed by atoms with Crippen molar-refractivity contribution in [3.63, 3.8) is 0 Å². The first kappa shape index (κ1) is 10.8. The molecule has 3 heteroatoms. The van der Waals surface area contributed by atoms with Gasteiger partial charge in [0, 0.05) is 11.9 Å². The molecule has 0 radical (unpaired) electrons. The van der Waals surface area contributed by atoms with E-state index in [4.69, 9.17) is 10.2 Å². The lowest BCUT2D eigenvalue weighted by Gasteiger charge is -2.11. The first-order chi connectivity index (χ1) is 8.35. The van der Waals surface area contributed by atoms with Gasteiger partial charge in [0.2, 0.25) is 0 Å². The first-order valence-corrected chi connectivity index (χ1v) is 6.29. The molecule has 0 saturated carbocycles. The average molecular weight is 230 g/mol. The Kier molecular flexibility index (Phi) is 2.87. The highest BCUT2D eigenvalue weighted by Crippen LogP contribution is 2.22. The highest BCUT2D eigenvalue weighted by molar-refractivity contribution is 5.78.